The molecule has 1 heteroatoms. The summed E-state index contributed by atoms with van der Waals surface area (Å²) >= 11 is 0. The van der Waals surface area contributed by atoms with Crippen molar-refractivity contribution < 1.29 is 4.74 Å². The lowest BCUT2D eigenvalue weighted by Crippen LogP contribution is -2.22. The average molecular weight is 351 g/mol. The van der Waals surface area contributed by atoms with E-state index in [1.54, 1.807) is 0 Å². The molecule has 2 fully saturated rings. The number of unbranched alkanes of at least 4 members (excludes halogenated alkanes) is 3. The van der Waals surface area contributed by atoms with E-state index >= 15 is 0 Å². The van der Waals surface area contributed by atoms with E-state index in [0.717, 1.165) is 24.4 Å². The Bertz CT molecular complexity index is 297. The van der Waals surface area contributed by atoms with Crippen molar-refractivity contribution in [1.29, 1.82) is 0 Å². The summed E-state index contributed by atoms with van der Waals surface area (Å²) in [7, 11) is 0. The first-order valence-electron chi connectivity index (χ1n) is 11.9. The number of ether oxygens (including phenoxy) is 1. The first kappa shape index (κ1) is 21.3. The van der Waals surface area contributed by atoms with Crippen LogP contribution in [0.15, 0.2) is 0 Å². The van der Waals surface area contributed by atoms with Gasteiger partial charge in [-0.15, -0.1) is 0 Å². The predicted octanol–water partition coefficient (Wildman–Crippen LogP) is 7.92. The van der Waals surface area contributed by atoms with Crippen LogP contribution in [0.5, 0.6) is 0 Å². The summed E-state index contributed by atoms with van der Waals surface area (Å²) in [6.07, 6.45) is 24.9. The van der Waals surface area contributed by atoms with Crippen LogP contribution in [0.4, 0.5) is 0 Å². The molecular formula is C24H46O. The Morgan fingerprint density at radius 3 is 1.72 bits per heavy atom. The van der Waals surface area contributed by atoms with Crippen LogP contribution in [0.3, 0.4) is 0 Å². The molecule has 1 nitrogen and oxygen atoms in total. The zero-order valence-corrected chi connectivity index (χ0v) is 17.4. The van der Waals surface area contributed by atoms with Crippen LogP contribution in [0.2, 0.25) is 0 Å². The lowest BCUT2D eigenvalue weighted by atomic mass is 9.78. The molecule has 0 heterocycles. The first-order chi connectivity index (χ1) is 12.3. The van der Waals surface area contributed by atoms with E-state index in [2.05, 4.69) is 13.8 Å². The summed E-state index contributed by atoms with van der Waals surface area (Å²) < 4.78 is 6.20. The highest BCUT2D eigenvalue weighted by atomic mass is 16.5. The van der Waals surface area contributed by atoms with Gasteiger partial charge in [0.2, 0.25) is 0 Å². The summed E-state index contributed by atoms with van der Waals surface area (Å²) in [6, 6.07) is 0. The van der Waals surface area contributed by atoms with Crippen molar-refractivity contribution in [2.45, 2.75) is 129 Å². The average Bonchev–Trinajstić information content (AvgIpc) is 2.65. The molecule has 0 aliphatic heterocycles. The van der Waals surface area contributed by atoms with Gasteiger partial charge in [0, 0.05) is 6.61 Å². The fourth-order valence-electron chi connectivity index (χ4n) is 5.29. The Hall–Kier alpha value is -0.0400. The standard InChI is InChI=1S/C24H46O/c1-3-5-6-7-10-22-12-14-23(15-13-22)11-8-20-25-24-18-16-21(9-4-2)17-19-24/h21-24H,3-20H2,1-2H3. The molecule has 0 aromatic heterocycles. The zero-order chi connectivity index (χ0) is 17.7. The normalized spacial score (nSPS) is 30.5. The molecule has 0 bridgehead atoms. The maximum Gasteiger partial charge on any atom is 0.0575 e. The third-order valence-corrected chi connectivity index (χ3v) is 7.03. The fourth-order valence-corrected chi connectivity index (χ4v) is 5.29. The van der Waals surface area contributed by atoms with Crippen LogP contribution in [0.25, 0.3) is 0 Å². The van der Waals surface area contributed by atoms with Gasteiger partial charge < -0.3 is 4.74 Å². The zero-order valence-electron chi connectivity index (χ0n) is 17.4. The molecule has 2 saturated carbocycles. The Labute approximate surface area is 158 Å². The van der Waals surface area contributed by atoms with Crippen molar-refractivity contribution >= 4 is 0 Å². The monoisotopic (exact) mass is 350 g/mol. The summed E-state index contributed by atoms with van der Waals surface area (Å²) in [4.78, 5) is 0. The van der Waals surface area contributed by atoms with Gasteiger partial charge in [-0.3, -0.25) is 0 Å². The second-order valence-corrected chi connectivity index (χ2v) is 9.18. The molecule has 0 unspecified atom stereocenters. The molecule has 0 spiro atoms. The van der Waals surface area contributed by atoms with Crippen molar-refractivity contribution in [1.82, 2.24) is 0 Å². The minimum Gasteiger partial charge on any atom is -0.378 e. The number of rotatable bonds is 12. The molecule has 0 aromatic rings. The summed E-state index contributed by atoms with van der Waals surface area (Å²) in [5, 5.41) is 0. The van der Waals surface area contributed by atoms with Crippen molar-refractivity contribution in [2.75, 3.05) is 6.61 Å². The minimum atomic E-state index is 0.590. The highest BCUT2D eigenvalue weighted by Crippen LogP contribution is 2.34. The Morgan fingerprint density at radius 2 is 1.12 bits per heavy atom. The third kappa shape index (κ3) is 8.94. The molecular weight excluding hydrogens is 304 g/mol. The third-order valence-electron chi connectivity index (χ3n) is 7.03. The second kappa shape index (κ2) is 13.2. The molecule has 0 saturated heterocycles. The van der Waals surface area contributed by atoms with E-state index in [0.29, 0.717) is 6.10 Å². The van der Waals surface area contributed by atoms with Crippen LogP contribution in [-0.4, -0.2) is 12.7 Å². The molecule has 0 amide bonds. The van der Waals surface area contributed by atoms with E-state index in [1.807, 2.05) is 0 Å². The van der Waals surface area contributed by atoms with Gasteiger partial charge in [-0.1, -0.05) is 84.5 Å². The molecule has 0 aromatic carbocycles. The maximum absolute atomic E-state index is 6.20. The van der Waals surface area contributed by atoms with Crippen LogP contribution in [0, 0.1) is 17.8 Å². The largest absolute Gasteiger partial charge is 0.378 e. The van der Waals surface area contributed by atoms with E-state index in [4.69, 9.17) is 4.74 Å². The highest BCUT2D eigenvalue weighted by molar-refractivity contribution is 4.74. The summed E-state index contributed by atoms with van der Waals surface area (Å²) in [5.74, 6) is 3.07. The van der Waals surface area contributed by atoms with E-state index in [1.165, 1.54) is 109 Å². The molecule has 25 heavy (non-hydrogen) atoms. The van der Waals surface area contributed by atoms with Gasteiger partial charge in [0.1, 0.15) is 0 Å². The summed E-state index contributed by atoms with van der Waals surface area (Å²) in [6.45, 7) is 5.66. The lowest BCUT2D eigenvalue weighted by Gasteiger charge is -2.30. The topological polar surface area (TPSA) is 9.23 Å². The van der Waals surface area contributed by atoms with Crippen molar-refractivity contribution in [3.63, 3.8) is 0 Å². The molecule has 2 rings (SSSR count). The highest BCUT2D eigenvalue weighted by Gasteiger charge is 2.22. The van der Waals surface area contributed by atoms with Gasteiger partial charge in [0.25, 0.3) is 0 Å². The molecule has 2 aliphatic carbocycles. The predicted molar refractivity (Wildman–Crippen MR) is 110 cm³/mol. The van der Waals surface area contributed by atoms with Gasteiger partial charge >= 0.3 is 0 Å². The SMILES string of the molecule is CCCCCCC1CCC(CCCOC2CCC(CCC)CC2)CC1. The van der Waals surface area contributed by atoms with Gasteiger partial charge in [-0.25, -0.2) is 0 Å². The Balaban J connectivity index is 1.43. The Kier molecular flexibility index (Phi) is 11.2. The van der Waals surface area contributed by atoms with E-state index < -0.39 is 0 Å². The second-order valence-electron chi connectivity index (χ2n) is 9.18. The summed E-state index contributed by atoms with van der Waals surface area (Å²) in [5.41, 5.74) is 0. The van der Waals surface area contributed by atoms with Gasteiger partial charge in [-0.2, -0.15) is 0 Å². The van der Waals surface area contributed by atoms with Gasteiger partial charge in [-0.05, 0) is 56.3 Å². The van der Waals surface area contributed by atoms with Crippen molar-refractivity contribution in [3.8, 4) is 0 Å². The first-order valence-corrected chi connectivity index (χ1v) is 11.9. The number of hydrogen-bond acceptors (Lipinski definition) is 1. The quantitative estimate of drug-likeness (QED) is 0.325. The van der Waals surface area contributed by atoms with Crippen LogP contribution < -0.4 is 0 Å². The van der Waals surface area contributed by atoms with Crippen molar-refractivity contribution in [3.05, 3.63) is 0 Å². The van der Waals surface area contributed by atoms with Gasteiger partial charge in [0.15, 0.2) is 0 Å². The smallest absolute Gasteiger partial charge is 0.0575 e. The molecule has 0 atom stereocenters. The van der Waals surface area contributed by atoms with E-state index in [9.17, 15) is 0 Å². The van der Waals surface area contributed by atoms with Gasteiger partial charge in [0.05, 0.1) is 6.10 Å². The molecule has 2 aliphatic rings. The minimum absolute atomic E-state index is 0.590. The molecule has 148 valence electrons. The molecule has 0 N–H and O–H groups in total. The van der Waals surface area contributed by atoms with E-state index in [-0.39, 0.29) is 0 Å². The van der Waals surface area contributed by atoms with Crippen molar-refractivity contribution in [2.24, 2.45) is 17.8 Å². The Morgan fingerprint density at radius 1 is 0.560 bits per heavy atom. The maximum atomic E-state index is 6.20. The lowest BCUT2D eigenvalue weighted by molar-refractivity contribution is 0.0133. The van der Waals surface area contributed by atoms with Crippen LogP contribution >= 0.6 is 0 Å². The van der Waals surface area contributed by atoms with Crippen LogP contribution in [0.1, 0.15) is 123 Å². The van der Waals surface area contributed by atoms with Crippen LogP contribution in [-0.2, 0) is 4.74 Å². The fraction of sp³-hybridized carbons (Fsp3) is 1.00. The molecule has 0 radical (unpaired) electrons. The number of hydrogen-bond donors (Lipinski definition) is 0.